The van der Waals surface area contributed by atoms with Crippen molar-refractivity contribution in [2.45, 2.75) is 84.9 Å². The molecule has 6 nitrogen and oxygen atoms in total. The van der Waals surface area contributed by atoms with Gasteiger partial charge in [-0.15, -0.1) is 0 Å². The molecule has 2 saturated heterocycles. The molecule has 0 bridgehead atoms. The van der Waals surface area contributed by atoms with Gasteiger partial charge >= 0.3 is 11.9 Å². The van der Waals surface area contributed by atoms with Gasteiger partial charge in [-0.05, 0) is 54.8 Å². The molecule has 156 valence electrons. The number of aliphatic hydroxyl groups excluding tert-OH is 1. The molecule has 0 radical (unpaired) electrons. The number of carbonyl (C=O) groups excluding carboxylic acids is 2. The Morgan fingerprint density at radius 1 is 1.18 bits per heavy atom. The zero-order chi connectivity index (χ0) is 20.1. The number of fused-ring (bicyclic) bond motifs is 2. The molecular formula is C22H32O6. The second-order valence-corrected chi connectivity index (χ2v) is 10.8. The highest BCUT2D eigenvalue weighted by Gasteiger charge is 2.78. The maximum Gasteiger partial charge on any atom is 0.311 e. The average Bonchev–Trinajstić information content (AvgIpc) is 3.06. The van der Waals surface area contributed by atoms with Gasteiger partial charge in [-0.25, -0.2) is 0 Å². The monoisotopic (exact) mass is 392 g/mol. The molecule has 0 aromatic heterocycles. The summed E-state index contributed by atoms with van der Waals surface area (Å²) in [5, 5.41) is 11.2. The zero-order valence-corrected chi connectivity index (χ0v) is 17.3. The predicted molar refractivity (Wildman–Crippen MR) is 98.5 cm³/mol. The van der Waals surface area contributed by atoms with Gasteiger partial charge in [-0.3, -0.25) is 9.59 Å². The molecule has 1 spiro atoms. The molecule has 3 saturated carbocycles. The maximum absolute atomic E-state index is 12.5. The van der Waals surface area contributed by atoms with Crippen LogP contribution in [-0.2, 0) is 23.8 Å². The smallest absolute Gasteiger partial charge is 0.311 e. The molecule has 3 aliphatic carbocycles. The van der Waals surface area contributed by atoms with Crippen LogP contribution in [0.2, 0.25) is 0 Å². The largest absolute Gasteiger partial charge is 0.462 e. The molecule has 1 N–H and O–H groups in total. The first-order chi connectivity index (χ1) is 13.1. The van der Waals surface area contributed by atoms with Crippen LogP contribution < -0.4 is 0 Å². The van der Waals surface area contributed by atoms with Crippen molar-refractivity contribution in [1.82, 2.24) is 0 Å². The van der Waals surface area contributed by atoms with Gasteiger partial charge in [0.15, 0.2) is 6.29 Å². The van der Waals surface area contributed by atoms with Crippen molar-refractivity contribution in [2.24, 2.45) is 39.9 Å². The van der Waals surface area contributed by atoms with E-state index in [1.165, 1.54) is 6.92 Å². The van der Waals surface area contributed by atoms with Gasteiger partial charge in [0.1, 0.15) is 6.10 Å². The highest BCUT2D eigenvalue weighted by atomic mass is 16.8. The number of hydrogen-bond acceptors (Lipinski definition) is 6. The third kappa shape index (κ3) is 2.11. The molecule has 0 amide bonds. The van der Waals surface area contributed by atoms with Gasteiger partial charge in [0, 0.05) is 12.8 Å². The number of esters is 2. The highest BCUT2D eigenvalue weighted by molar-refractivity contribution is 5.76. The maximum atomic E-state index is 12.5. The second-order valence-electron chi connectivity index (χ2n) is 10.8. The van der Waals surface area contributed by atoms with Gasteiger partial charge in [0.25, 0.3) is 0 Å². The van der Waals surface area contributed by atoms with Crippen LogP contribution in [0.15, 0.2) is 0 Å². The van der Waals surface area contributed by atoms with E-state index in [9.17, 15) is 14.7 Å². The molecular weight excluding hydrogens is 360 g/mol. The highest BCUT2D eigenvalue weighted by Crippen LogP contribution is 2.73. The van der Waals surface area contributed by atoms with Gasteiger partial charge in [0.2, 0.25) is 6.29 Å². The summed E-state index contributed by atoms with van der Waals surface area (Å²) in [7, 11) is 0. The Morgan fingerprint density at radius 2 is 1.93 bits per heavy atom. The number of hydrogen-bond donors (Lipinski definition) is 1. The summed E-state index contributed by atoms with van der Waals surface area (Å²) in [4.78, 5) is 24.6. The van der Waals surface area contributed by atoms with E-state index >= 15 is 0 Å². The summed E-state index contributed by atoms with van der Waals surface area (Å²) in [6.07, 6.45) is 3.49. The Balaban J connectivity index is 1.68. The Bertz CT molecular complexity index is 718. The van der Waals surface area contributed by atoms with Gasteiger partial charge < -0.3 is 19.3 Å². The first-order valence-electron chi connectivity index (χ1n) is 10.8. The first-order valence-corrected chi connectivity index (χ1v) is 10.8. The lowest BCUT2D eigenvalue weighted by Crippen LogP contribution is -2.68. The van der Waals surface area contributed by atoms with Crippen molar-refractivity contribution in [3.8, 4) is 0 Å². The van der Waals surface area contributed by atoms with Crippen LogP contribution in [0.1, 0.15) is 66.2 Å². The lowest BCUT2D eigenvalue weighted by atomic mass is 9.37. The van der Waals surface area contributed by atoms with E-state index < -0.39 is 24.1 Å². The Morgan fingerprint density at radius 3 is 2.64 bits per heavy atom. The Labute approximate surface area is 166 Å². The minimum atomic E-state index is -1.07. The lowest BCUT2D eigenvalue weighted by Gasteiger charge is -2.67. The van der Waals surface area contributed by atoms with Crippen molar-refractivity contribution in [1.29, 1.82) is 0 Å². The van der Waals surface area contributed by atoms with Crippen molar-refractivity contribution in [3.05, 3.63) is 0 Å². The average molecular weight is 392 g/mol. The summed E-state index contributed by atoms with van der Waals surface area (Å²) in [5.74, 6) is -0.530. The molecule has 28 heavy (non-hydrogen) atoms. The fourth-order valence-corrected chi connectivity index (χ4v) is 8.45. The van der Waals surface area contributed by atoms with Crippen molar-refractivity contribution >= 4 is 11.9 Å². The first kappa shape index (κ1) is 18.9. The molecule has 0 aromatic rings. The second kappa shape index (κ2) is 5.72. The van der Waals surface area contributed by atoms with Crippen molar-refractivity contribution < 1.29 is 28.9 Å². The van der Waals surface area contributed by atoms with Crippen LogP contribution in [0.25, 0.3) is 0 Å². The minimum absolute atomic E-state index is 0.0221. The molecule has 1 unspecified atom stereocenters. The summed E-state index contributed by atoms with van der Waals surface area (Å²) in [5.41, 5.74) is -0.589. The fourth-order valence-electron chi connectivity index (χ4n) is 8.45. The van der Waals surface area contributed by atoms with Crippen molar-refractivity contribution in [3.63, 3.8) is 0 Å². The fraction of sp³-hybridized carbons (Fsp3) is 0.909. The Kier molecular flexibility index (Phi) is 3.85. The van der Waals surface area contributed by atoms with E-state index in [2.05, 4.69) is 20.8 Å². The molecule has 5 aliphatic rings. The number of carbonyl (C=O) groups is 2. The van der Waals surface area contributed by atoms with Gasteiger partial charge in [-0.1, -0.05) is 27.2 Å². The van der Waals surface area contributed by atoms with Crippen LogP contribution in [0.3, 0.4) is 0 Å². The van der Waals surface area contributed by atoms with E-state index in [0.717, 1.165) is 32.1 Å². The molecule has 6 heteroatoms. The minimum Gasteiger partial charge on any atom is -0.462 e. The van der Waals surface area contributed by atoms with Crippen LogP contribution in [0.5, 0.6) is 0 Å². The summed E-state index contributed by atoms with van der Waals surface area (Å²) in [6.45, 7) is 8.46. The van der Waals surface area contributed by atoms with Crippen LogP contribution in [0.4, 0.5) is 0 Å². The molecule has 5 fully saturated rings. The van der Waals surface area contributed by atoms with Crippen LogP contribution >= 0.6 is 0 Å². The Hall–Kier alpha value is -1.14. The molecule has 2 heterocycles. The van der Waals surface area contributed by atoms with E-state index in [1.807, 2.05) is 0 Å². The van der Waals surface area contributed by atoms with E-state index in [4.69, 9.17) is 14.2 Å². The van der Waals surface area contributed by atoms with E-state index in [0.29, 0.717) is 12.3 Å². The molecule has 9 atom stereocenters. The third-order valence-electron chi connectivity index (χ3n) is 9.29. The van der Waals surface area contributed by atoms with Gasteiger partial charge in [0.05, 0.1) is 11.3 Å². The molecule has 5 rings (SSSR count). The standard InChI is InChI=1S/C22H32O6/c1-11(23)26-15-10-14-20(2,3)8-5-9-21(14,4)13-7-6-12-16-18(27-17(12)24)28-19(25)22(13,15)16/h12-16,18-19,25H,5-10H2,1-4H3/t12-,13-,14+,15-,16+,18?,19+,21-,22-/m1/s1. The number of rotatable bonds is 1. The van der Waals surface area contributed by atoms with E-state index in [-0.39, 0.29) is 40.5 Å². The van der Waals surface area contributed by atoms with Crippen LogP contribution in [0, 0.1) is 39.9 Å². The molecule has 0 aromatic carbocycles. The zero-order valence-electron chi connectivity index (χ0n) is 17.3. The lowest BCUT2D eigenvalue weighted by molar-refractivity contribution is -0.278. The molecule has 2 aliphatic heterocycles. The normalized spacial score (nSPS) is 53.6. The predicted octanol–water partition coefficient (Wildman–Crippen LogP) is 3.01. The topological polar surface area (TPSA) is 82.1 Å². The van der Waals surface area contributed by atoms with Gasteiger partial charge in [-0.2, -0.15) is 0 Å². The SMILES string of the molecule is CC(=O)O[C@@H]1C[C@H]2C(C)(C)CCC[C@]2(C)[C@H]2CC[C@H]3C(=O)OC4O[C@H](O)[C@]21[C@H]43. The van der Waals surface area contributed by atoms with Crippen molar-refractivity contribution in [2.75, 3.05) is 0 Å². The summed E-state index contributed by atoms with van der Waals surface area (Å²) in [6, 6.07) is 0. The third-order valence-corrected chi connectivity index (χ3v) is 9.29. The summed E-state index contributed by atoms with van der Waals surface area (Å²) < 4.78 is 17.3. The summed E-state index contributed by atoms with van der Waals surface area (Å²) >= 11 is 0. The van der Waals surface area contributed by atoms with E-state index in [1.54, 1.807) is 0 Å². The van der Waals surface area contributed by atoms with Crippen LogP contribution in [-0.4, -0.2) is 35.7 Å². The number of aliphatic hydroxyl groups is 1. The number of ether oxygens (including phenoxy) is 3. The quantitative estimate of drug-likeness (QED) is 0.691.